The van der Waals surface area contributed by atoms with Gasteiger partial charge in [-0.05, 0) is 37.6 Å². The highest BCUT2D eigenvalue weighted by molar-refractivity contribution is 5.94. The molecule has 122 valence electrons. The molecule has 0 bridgehead atoms. The molecule has 1 atom stereocenters. The Morgan fingerprint density at radius 1 is 1.30 bits per heavy atom. The molecule has 23 heavy (non-hydrogen) atoms. The van der Waals surface area contributed by atoms with Crippen LogP contribution in [0.25, 0.3) is 0 Å². The standard InChI is InChI=1S/C16H16F3N3O/c1-10-8-20-14(21-10)12-6-7-22(9-12)15(23)11-2-4-13(5-3-11)16(17,18)19/h2-5,8,12H,6-7,9H2,1H3,(H,20,21). The second kappa shape index (κ2) is 5.72. The number of aromatic amines is 1. The Morgan fingerprint density at radius 2 is 2.00 bits per heavy atom. The van der Waals surface area contributed by atoms with E-state index < -0.39 is 11.7 Å². The van der Waals surface area contributed by atoms with Gasteiger partial charge >= 0.3 is 6.18 Å². The molecule has 0 spiro atoms. The number of aromatic nitrogens is 2. The number of hydrogen-bond acceptors (Lipinski definition) is 2. The zero-order chi connectivity index (χ0) is 16.6. The molecule has 3 rings (SSSR count). The number of rotatable bonds is 2. The van der Waals surface area contributed by atoms with Gasteiger partial charge in [0, 0.05) is 36.5 Å². The van der Waals surface area contributed by atoms with Gasteiger partial charge in [0.2, 0.25) is 0 Å². The molecule has 7 heteroatoms. The predicted molar refractivity (Wildman–Crippen MR) is 78.0 cm³/mol. The molecule has 1 aliphatic rings. The number of imidazole rings is 1. The number of nitrogens with zero attached hydrogens (tertiary/aromatic N) is 2. The molecule has 1 saturated heterocycles. The van der Waals surface area contributed by atoms with Crippen LogP contribution >= 0.6 is 0 Å². The molecule has 1 aromatic carbocycles. The molecule has 0 radical (unpaired) electrons. The highest BCUT2D eigenvalue weighted by Gasteiger charge is 2.32. The van der Waals surface area contributed by atoms with E-state index in [0.29, 0.717) is 13.1 Å². The summed E-state index contributed by atoms with van der Waals surface area (Å²) in [5.74, 6) is 0.747. The summed E-state index contributed by atoms with van der Waals surface area (Å²) in [6.07, 6.45) is -1.85. The van der Waals surface area contributed by atoms with Gasteiger partial charge in [0.15, 0.2) is 0 Å². The summed E-state index contributed by atoms with van der Waals surface area (Å²) in [5, 5.41) is 0. The fourth-order valence-corrected chi connectivity index (χ4v) is 2.79. The van der Waals surface area contributed by atoms with Crippen LogP contribution in [0.2, 0.25) is 0 Å². The number of carbonyl (C=O) groups excluding carboxylic acids is 1. The number of amides is 1. The normalized spacial score (nSPS) is 18.4. The quantitative estimate of drug-likeness (QED) is 0.921. The molecule has 1 amide bonds. The van der Waals surface area contributed by atoms with Gasteiger partial charge in [-0.2, -0.15) is 13.2 Å². The molecule has 1 N–H and O–H groups in total. The van der Waals surface area contributed by atoms with E-state index in [4.69, 9.17) is 0 Å². The van der Waals surface area contributed by atoms with Crippen molar-refractivity contribution in [3.63, 3.8) is 0 Å². The lowest BCUT2D eigenvalue weighted by Crippen LogP contribution is -2.28. The van der Waals surface area contributed by atoms with Crippen molar-refractivity contribution < 1.29 is 18.0 Å². The third-order valence-electron chi connectivity index (χ3n) is 4.04. The van der Waals surface area contributed by atoms with Crippen molar-refractivity contribution in [2.75, 3.05) is 13.1 Å². The van der Waals surface area contributed by atoms with Crippen LogP contribution in [0.3, 0.4) is 0 Å². The Morgan fingerprint density at radius 3 is 2.57 bits per heavy atom. The van der Waals surface area contributed by atoms with Crippen molar-refractivity contribution >= 4 is 5.91 Å². The van der Waals surface area contributed by atoms with Crippen molar-refractivity contribution in [2.45, 2.75) is 25.4 Å². The zero-order valence-corrected chi connectivity index (χ0v) is 12.5. The SMILES string of the molecule is Cc1cnc(C2CCN(C(=O)c3ccc(C(F)(F)F)cc3)C2)[nH]1. The fourth-order valence-electron chi connectivity index (χ4n) is 2.79. The summed E-state index contributed by atoms with van der Waals surface area (Å²) in [4.78, 5) is 21.5. The molecular weight excluding hydrogens is 307 g/mol. The number of benzene rings is 1. The molecular formula is C16H16F3N3O. The summed E-state index contributed by atoms with van der Waals surface area (Å²) in [7, 11) is 0. The molecule has 2 aromatic rings. The molecule has 1 fully saturated rings. The van der Waals surface area contributed by atoms with Gasteiger partial charge in [0.05, 0.1) is 5.56 Å². The number of halogens is 3. The Bertz CT molecular complexity index is 706. The Labute approximate surface area is 131 Å². The van der Waals surface area contributed by atoms with E-state index in [9.17, 15) is 18.0 Å². The molecule has 4 nitrogen and oxygen atoms in total. The minimum absolute atomic E-state index is 0.141. The van der Waals surface area contributed by atoms with E-state index in [-0.39, 0.29) is 17.4 Å². The van der Waals surface area contributed by atoms with E-state index in [2.05, 4.69) is 9.97 Å². The molecule has 1 aromatic heterocycles. The van der Waals surface area contributed by atoms with E-state index in [1.807, 2.05) is 6.92 Å². The van der Waals surface area contributed by atoms with Gasteiger partial charge in [-0.1, -0.05) is 0 Å². The number of carbonyl (C=O) groups is 1. The van der Waals surface area contributed by atoms with Crippen molar-refractivity contribution in [3.05, 3.63) is 53.1 Å². The average molecular weight is 323 g/mol. The van der Waals surface area contributed by atoms with Crippen molar-refractivity contribution in [2.24, 2.45) is 0 Å². The van der Waals surface area contributed by atoms with Crippen LogP contribution in [0.5, 0.6) is 0 Å². The minimum Gasteiger partial charge on any atom is -0.346 e. The third-order valence-corrected chi connectivity index (χ3v) is 4.04. The Kier molecular flexibility index (Phi) is 3.87. The summed E-state index contributed by atoms with van der Waals surface area (Å²) < 4.78 is 37.7. The molecule has 1 unspecified atom stereocenters. The first-order valence-corrected chi connectivity index (χ1v) is 7.32. The van der Waals surface area contributed by atoms with Gasteiger partial charge in [-0.3, -0.25) is 4.79 Å². The molecule has 0 saturated carbocycles. The lowest BCUT2D eigenvalue weighted by atomic mass is 10.1. The maximum Gasteiger partial charge on any atom is 0.416 e. The van der Waals surface area contributed by atoms with E-state index >= 15 is 0 Å². The first kappa shape index (κ1) is 15.6. The van der Waals surface area contributed by atoms with E-state index in [1.165, 1.54) is 12.1 Å². The molecule has 2 heterocycles. The topological polar surface area (TPSA) is 49.0 Å². The van der Waals surface area contributed by atoms with E-state index in [0.717, 1.165) is 30.1 Å². The summed E-state index contributed by atoms with van der Waals surface area (Å²) >= 11 is 0. The number of hydrogen-bond donors (Lipinski definition) is 1. The van der Waals surface area contributed by atoms with Crippen LogP contribution < -0.4 is 0 Å². The maximum absolute atomic E-state index is 12.6. The van der Waals surface area contributed by atoms with Crippen molar-refractivity contribution in [3.8, 4) is 0 Å². The van der Waals surface area contributed by atoms with Crippen LogP contribution in [0.4, 0.5) is 13.2 Å². The number of aryl methyl sites for hydroxylation is 1. The van der Waals surface area contributed by atoms with Crippen LogP contribution in [0, 0.1) is 6.92 Å². The maximum atomic E-state index is 12.6. The number of alkyl halides is 3. The van der Waals surface area contributed by atoms with Crippen molar-refractivity contribution in [1.29, 1.82) is 0 Å². The van der Waals surface area contributed by atoms with Crippen LogP contribution in [0.1, 0.15) is 39.8 Å². The van der Waals surface area contributed by atoms with Gasteiger partial charge in [-0.15, -0.1) is 0 Å². The first-order valence-electron chi connectivity index (χ1n) is 7.32. The van der Waals surface area contributed by atoms with Gasteiger partial charge in [0.25, 0.3) is 5.91 Å². The largest absolute Gasteiger partial charge is 0.416 e. The smallest absolute Gasteiger partial charge is 0.346 e. The fraction of sp³-hybridized carbons (Fsp3) is 0.375. The number of H-pyrrole nitrogens is 1. The van der Waals surface area contributed by atoms with Gasteiger partial charge in [-0.25, -0.2) is 4.98 Å². The summed E-state index contributed by atoms with van der Waals surface area (Å²) in [6, 6.07) is 4.35. The third kappa shape index (κ3) is 3.23. The molecule has 1 aliphatic heterocycles. The van der Waals surface area contributed by atoms with Gasteiger partial charge in [0.1, 0.15) is 5.82 Å². The first-order chi connectivity index (χ1) is 10.8. The van der Waals surface area contributed by atoms with Crippen LogP contribution in [-0.4, -0.2) is 33.9 Å². The van der Waals surface area contributed by atoms with E-state index in [1.54, 1.807) is 11.1 Å². The number of likely N-dealkylation sites (tertiary alicyclic amines) is 1. The zero-order valence-electron chi connectivity index (χ0n) is 12.5. The lowest BCUT2D eigenvalue weighted by molar-refractivity contribution is -0.137. The second-order valence-corrected chi connectivity index (χ2v) is 5.76. The predicted octanol–water partition coefficient (Wildman–Crippen LogP) is 3.37. The summed E-state index contributed by atoms with van der Waals surface area (Å²) in [6.45, 7) is 3.01. The highest BCUT2D eigenvalue weighted by atomic mass is 19.4. The summed E-state index contributed by atoms with van der Waals surface area (Å²) in [5.41, 5.74) is 0.487. The van der Waals surface area contributed by atoms with Crippen molar-refractivity contribution in [1.82, 2.24) is 14.9 Å². The molecule has 0 aliphatic carbocycles. The second-order valence-electron chi connectivity index (χ2n) is 5.76. The van der Waals surface area contributed by atoms with Crippen LogP contribution in [-0.2, 0) is 6.18 Å². The average Bonchev–Trinajstić information content (AvgIpc) is 3.14. The Balaban J connectivity index is 1.69. The van der Waals surface area contributed by atoms with Gasteiger partial charge < -0.3 is 9.88 Å². The number of nitrogens with one attached hydrogen (secondary N) is 1. The van der Waals surface area contributed by atoms with Crippen LogP contribution in [0.15, 0.2) is 30.5 Å². The monoisotopic (exact) mass is 323 g/mol. The Hall–Kier alpha value is -2.31. The highest BCUT2D eigenvalue weighted by Crippen LogP contribution is 2.30. The lowest BCUT2D eigenvalue weighted by Gasteiger charge is -2.16. The minimum atomic E-state index is -4.39.